The molecule has 0 spiro atoms. The van der Waals surface area contributed by atoms with Crippen molar-refractivity contribution in [1.82, 2.24) is 15.2 Å². The molecule has 3 atom stereocenters. The zero-order chi connectivity index (χ0) is 17.8. The van der Waals surface area contributed by atoms with E-state index in [1.165, 1.54) is 18.7 Å². The fourth-order valence-corrected chi connectivity index (χ4v) is 4.20. The van der Waals surface area contributed by atoms with Crippen molar-refractivity contribution < 1.29 is 4.79 Å². The predicted molar refractivity (Wildman–Crippen MR) is 103 cm³/mol. The van der Waals surface area contributed by atoms with Crippen molar-refractivity contribution in [1.29, 1.82) is 0 Å². The van der Waals surface area contributed by atoms with Gasteiger partial charge in [-0.3, -0.25) is 14.7 Å². The van der Waals surface area contributed by atoms with Gasteiger partial charge in [-0.05, 0) is 47.4 Å². The van der Waals surface area contributed by atoms with Crippen LogP contribution in [0.4, 0.5) is 0 Å². The second-order valence-corrected chi connectivity index (χ2v) is 7.37. The first-order valence-electron chi connectivity index (χ1n) is 9.42. The first-order chi connectivity index (χ1) is 12.8. The maximum atomic E-state index is 11.9. The minimum Gasteiger partial charge on any atom is -0.353 e. The number of amides is 1. The summed E-state index contributed by atoms with van der Waals surface area (Å²) in [4.78, 5) is 18.5. The molecule has 1 saturated heterocycles. The van der Waals surface area contributed by atoms with E-state index in [1.54, 1.807) is 24.5 Å². The molecular weight excluding hydrogens is 322 g/mol. The van der Waals surface area contributed by atoms with Gasteiger partial charge in [0.05, 0.1) is 0 Å². The molecule has 1 amide bonds. The smallest absolute Gasteiger partial charge is 0.244 e. The quantitative estimate of drug-likeness (QED) is 0.783. The normalized spacial score (nSPS) is 24.5. The van der Waals surface area contributed by atoms with Crippen LogP contribution in [0.15, 0.2) is 60.9 Å². The van der Waals surface area contributed by atoms with Gasteiger partial charge in [0.15, 0.2) is 0 Å². The van der Waals surface area contributed by atoms with E-state index in [0.29, 0.717) is 0 Å². The Labute approximate surface area is 154 Å². The molecule has 1 aromatic heterocycles. The minimum absolute atomic E-state index is 0.0228. The third-order valence-corrected chi connectivity index (χ3v) is 5.58. The fourth-order valence-electron chi connectivity index (χ4n) is 4.20. The summed E-state index contributed by atoms with van der Waals surface area (Å²) >= 11 is 0. The summed E-state index contributed by atoms with van der Waals surface area (Å²) in [5.41, 5.74) is 2.34. The lowest BCUT2D eigenvalue weighted by Gasteiger charge is -2.19. The minimum atomic E-state index is -0.0228. The van der Waals surface area contributed by atoms with Crippen molar-refractivity contribution in [3.05, 3.63) is 72.1 Å². The predicted octanol–water partition coefficient (Wildman–Crippen LogP) is 2.98. The van der Waals surface area contributed by atoms with Crippen LogP contribution in [0.25, 0.3) is 6.08 Å². The molecule has 4 rings (SSSR count). The average molecular weight is 347 g/mol. The van der Waals surface area contributed by atoms with Crippen molar-refractivity contribution in [2.75, 3.05) is 19.6 Å². The van der Waals surface area contributed by atoms with Crippen molar-refractivity contribution in [3.8, 4) is 0 Å². The molecule has 134 valence electrons. The summed E-state index contributed by atoms with van der Waals surface area (Å²) < 4.78 is 0. The van der Waals surface area contributed by atoms with Crippen molar-refractivity contribution in [2.45, 2.75) is 13.0 Å². The molecule has 0 radical (unpaired) electrons. The van der Waals surface area contributed by atoms with Gasteiger partial charge in [-0.15, -0.1) is 0 Å². The molecule has 1 saturated carbocycles. The second-order valence-electron chi connectivity index (χ2n) is 7.37. The Morgan fingerprint density at radius 2 is 1.96 bits per heavy atom. The van der Waals surface area contributed by atoms with Gasteiger partial charge in [-0.2, -0.15) is 0 Å². The molecule has 4 nitrogen and oxygen atoms in total. The molecule has 2 aromatic rings. The molecule has 1 aliphatic carbocycles. The zero-order valence-electron chi connectivity index (χ0n) is 14.9. The van der Waals surface area contributed by atoms with E-state index in [1.807, 2.05) is 12.1 Å². The van der Waals surface area contributed by atoms with Gasteiger partial charge >= 0.3 is 0 Å². The van der Waals surface area contributed by atoms with E-state index in [2.05, 4.69) is 45.5 Å². The van der Waals surface area contributed by atoms with Crippen LogP contribution in [0.2, 0.25) is 0 Å². The maximum Gasteiger partial charge on any atom is 0.244 e. The summed E-state index contributed by atoms with van der Waals surface area (Å²) in [5.74, 6) is 2.44. The molecule has 2 fully saturated rings. The number of pyridine rings is 1. The Kier molecular flexibility index (Phi) is 5.12. The summed E-state index contributed by atoms with van der Waals surface area (Å²) in [5, 5.41) is 3.00. The molecule has 26 heavy (non-hydrogen) atoms. The number of nitrogens with zero attached hydrogens (tertiary/aromatic N) is 2. The van der Waals surface area contributed by atoms with Crippen molar-refractivity contribution in [2.24, 2.45) is 17.8 Å². The number of benzene rings is 1. The summed E-state index contributed by atoms with van der Waals surface area (Å²) in [6.45, 7) is 4.25. The number of nitrogens with one attached hydrogen (secondary N) is 1. The van der Waals surface area contributed by atoms with Crippen LogP contribution in [0.3, 0.4) is 0 Å². The second kappa shape index (κ2) is 7.83. The highest BCUT2D eigenvalue weighted by Gasteiger charge is 2.54. The number of hydrogen-bond donors (Lipinski definition) is 1. The summed E-state index contributed by atoms with van der Waals surface area (Å²) in [6.07, 6.45) is 7.96. The number of piperidine rings is 1. The SMILES string of the molecule is O=C(/C=C/c1cccnc1)NCC[C@H]1[C@H]2CN(Cc3ccccc3)C[C@@H]12. The van der Waals surface area contributed by atoms with Gasteiger partial charge in [0.2, 0.25) is 5.91 Å². The Bertz CT molecular complexity index is 747. The molecule has 2 heterocycles. The Balaban J connectivity index is 1.14. The van der Waals surface area contributed by atoms with Gasteiger partial charge in [0.25, 0.3) is 0 Å². The van der Waals surface area contributed by atoms with Crippen LogP contribution < -0.4 is 5.32 Å². The van der Waals surface area contributed by atoms with Crippen LogP contribution in [0, 0.1) is 17.8 Å². The number of aromatic nitrogens is 1. The third-order valence-electron chi connectivity index (χ3n) is 5.58. The van der Waals surface area contributed by atoms with Crippen LogP contribution in [-0.2, 0) is 11.3 Å². The summed E-state index contributed by atoms with van der Waals surface area (Å²) in [6, 6.07) is 14.5. The van der Waals surface area contributed by atoms with Gasteiger partial charge in [0, 0.05) is 44.6 Å². The number of rotatable bonds is 7. The largest absolute Gasteiger partial charge is 0.353 e. The Morgan fingerprint density at radius 1 is 1.15 bits per heavy atom. The number of likely N-dealkylation sites (tertiary alicyclic amines) is 1. The van der Waals surface area contributed by atoms with Gasteiger partial charge < -0.3 is 5.32 Å². The van der Waals surface area contributed by atoms with Gasteiger partial charge in [-0.25, -0.2) is 0 Å². The monoisotopic (exact) mass is 347 g/mol. The molecule has 1 N–H and O–H groups in total. The van der Waals surface area contributed by atoms with Gasteiger partial charge in [-0.1, -0.05) is 36.4 Å². The summed E-state index contributed by atoms with van der Waals surface area (Å²) in [7, 11) is 0. The van der Waals surface area contributed by atoms with Crippen molar-refractivity contribution >= 4 is 12.0 Å². The van der Waals surface area contributed by atoms with Crippen LogP contribution in [0.1, 0.15) is 17.5 Å². The molecule has 2 aliphatic rings. The van der Waals surface area contributed by atoms with E-state index in [9.17, 15) is 4.79 Å². The Morgan fingerprint density at radius 3 is 2.69 bits per heavy atom. The highest BCUT2D eigenvalue weighted by molar-refractivity contribution is 5.91. The van der Waals surface area contributed by atoms with E-state index < -0.39 is 0 Å². The number of fused-ring (bicyclic) bond motifs is 1. The first-order valence-corrected chi connectivity index (χ1v) is 9.42. The third kappa shape index (κ3) is 4.20. The lowest BCUT2D eigenvalue weighted by molar-refractivity contribution is -0.116. The highest BCUT2D eigenvalue weighted by atomic mass is 16.1. The van der Waals surface area contributed by atoms with E-state index in [4.69, 9.17) is 0 Å². The lowest BCUT2D eigenvalue weighted by atomic mass is 10.1. The molecule has 4 heteroatoms. The van der Waals surface area contributed by atoms with E-state index >= 15 is 0 Å². The van der Waals surface area contributed by atoms with Crippen LogP contribution >= 0.6 is 0 Å². The molecule has 1 aromatic carbocycles. The Hall–Kier alpha value is -2.46. The highest BCUT2D eigenvalue weighted by Crippen LogP contribution is 2.53. The van der Waals surface area contributed by atoms with E-state index in [0.717, 1.165) is 42.8 Å². The fraction of sp³-hybridized carbons (Fsp3) is 0.364. The number of hydrogen-bond acceptors (Lipinski definition) is 3. The first kappa shape index (κ1) is 17.0. The molecule has 0 bridgehead atoms. The van der Waals surface area contributed by atoms with Crippen LogP contribution in [-0.4, -0.2) is 35.4 Å². The number of carbonyl (C=O) groups is 1. The average Bonchev–Trinajstić information content (AvgIpc) is 3.12. The topological polar surface area (TPSA) is 45.2 Å². The standard InChI is InChI=1S/C22H25N3O/c26-22(9-8-17-7-4-11-23-13-17)24-12-10-19-20-15-25(16-21(19)20)14-18-5-2-1-3-6-18/h1-9,11,13,19-21H,10,12,14-16H2,(H,24,26)/b9-8+/t19-,20+,21-. The lowest BCUT2D eigenvalue weighted by Crippen LogP contribution is -2.26. The maximum absolute atomic E-state index is 11.9. The number of carbonyl (C=O) groups excluding carboxylic acids is 1. The zero-order valence-corrected chi connectivity index (χ0v) is 14.9. The molecule has 0 unspecified atom stereocenters. The molecule has 1 aliphatic heterocycles. The van der Waals surface area contributed by atoms with Crippen LogP contribution in [0.5, 0.6) is 0 Å². The van der Waals surface area contributed by atoms with Gasteiger partial charge in [0.1, 0.15) is 0 Å². The van der Waals surface area contributed by atoms with E-state index in [-0.39, 0.29) is 5.91 Å². The molecular formula is C22H25N3O. The van der Waals surface area contributed by atoms with Crippen molar-refractivity contribution in [3.63, 3.8) is 0 Å².